The standard InChI is InChI=1S/C24H31N3O.C21H29N7O/c1-24(2,3)21-14-20(15-22(16-21)26-12-9-25-10-13-26)23(28)27-11-8-18-6-4-5-7-19(18)17-27;1-21(2,3)17-11-15-13-28(20(29)27-18(15)26-17)16-7-5-14(6-8-16)12-24-9-4-10-25-19(22)23/h4-7,14-16,25H,8-13,17H2,1-3H3;5-8,11,13,24H,4,9-10,12H2,1-3H3,(H4,22,23,25)(H,26,27,29). The quantitative estimate of drug-likeness (QED) is 0.0761. The lowest BCUT2D eigenvalue weighted by atomic mass is 9.85. The second-order valence-corrected chi connectivity index (χ2v) is 17.1. The van der Waals surface area contributed by atoms with E-state index in [1.54, 1.807) is 4.57 Å². The molecule has 1 saturated heterocycles. The van der Waals surface area contributed by atoms with E-state index in [4.69, 9.17) is 11.5 Å². The van der Waals surface area contributed by atoms with Gasteiger partial charge in [-0.15, -0.1) is 0 Å². The van der Waals surface area contributed by atoms with Gasteiger partial charge in [0.25, 0.3) is 5.91 Å². The lowest BCUT2D eigenvalue weighted by molar-refractivity contribution is 0.0734. The zero-order chi connectivity index (χ0) is 40.7. The first-order chi connectivity index (χ1) is 27.2. The Balaban J connectivity index is 0.000000193. The molecule has 12 nitrogen and oxygen atoms in total. The van der Waals surface area contributed by atoms with Gasteiger partial charge >= 0.3 is 5.69 Å². The monoisotopic (exact) mass is 772 g/mol. The van der Waals surface area contributed by atoms with E-state index in [9.17, 15) is 9.59 Å². The topological polar surface area (TPSA) is 163 Å². The van der Waals surface area contributed by atoms with Crippen molar-refractivity contribution < 1.29 is 4.79 Å². The number of nitrogens with one attached hydrogen (secondary N) is 3. The maximum Gasteiger partial charge on any atom is 0.354 e. The SMILES string of the molecule is CC(C)(C)c1cc(C(=O)N2CCc3ccccc3C2)cc(N2CCNCC2)c1.CC(C)(C)c1cc2cn(-c3ccc(CNCCCN=C(N)N)cc3)c(=O)nc2[nH]1. The second-order valence-electron chi connectivity index (χ2n) is 17.1. The number of carbonyl (C=O) groups is 1. The van der Waals surface area contributed by atoms with Crippen molar-refractivity contribution >= 4 is 28.6 Å². The van der Waals surface area contributed by atoms with Crippen molar-refractivity contribution in [3.63, 3.8) is 0 Å². The highest BCUT2D eigenvalue weighted by molar-refractivity contribution is 5.95. The molecule has 4 heterocycles. The van der Waals surface area contributed by atoms with Crippen LogP contribution in [0, 0.1) is 0 Å². The largest absolute Gasteiger partial charge is 0.370 e. The van der Waals surface area contributed by atoms with Gasteiger partial charge in [-0.1, -0.05) is 77.9 Å². The average molecular weight is 773 g/mol. The van der Waals surface area contributed by atoms with Crippen molar-refractivity contribution in [2.75, 3.05) is 50.7 Å². The summed E-state index contributed by atoms with van der Waals surface area (Å²) in [6.07, 6.45) is 3.64. The summed E-state index contributed by atoms with van der Waals surface area (Å²) < 4.78 is 1.58. The van der Waals surface area contributed by atoms with Gasteiger partial charge in [-0.25, -0.2) is 4.79 Å². The number of anilines is 1. The molecule has 1 amide bonds. The zero-order valence-corrected chi connectivity index (χ0v) is 34.5. The Labute approximate surface area is 336 Å². The molecule has 1 fully saturated rings. The third-order valence-corrected chi connectivity index (χ3v) is 10.6. The summed E-state index contributed by atoms with van der Waals surface area (Å²) in [5, 5.41) is 7.68. The van der Waals surface area contributed by atoms with E-state index < -0.39 is 0 Å². The van der Waals surface area contributed by atoms with Gasteiger partial charge in [-0.2, -0.15) is 4.98 Å². The highest BCUT2D eigenvalue weighted by Gasteiger charge is 2.25. The van der Waals surface area contributed by atoms with Crippen LogP contribution in [0.2, 0.25) is 0 Å². The van der Waals surface area contributed by atoms with Crippen molar-refractivity contribution in [3.8, 4) is 5.69 Å². The third kappa shape index (κ3) is 10.7. The molecule has 57 heavy (non-hydrogen) atoms. The van der Waals surface area contributed by atoms with Gasteiger partial charge in [0.1, 0.15) is 5.65 Å². The molecule has 7 rings (SSSR count). The summed E-state index contributed by atoms with van der Waals surface area (Å²) in [5.74, 6) is 0.273. The number of carbonyl (C=O) groups excluding carboxylic acids is 1. The lowest BCUT2D eigenvalue weighted by Gasteiger charge is -2.33. The minimum atomic E-state index is -0.301. The molecule has 0 spiro atoms. The Morgan fingerprint density at radius 3 is 2.28 bits per heavy atom. The molecule has 0 radical (unpaired) electrons. The van der Waals surface area contributed by atoms with Crippen LogP contribution in [0.15, 0.2) is 88.8 Å². The number of amides is 1. The van der Waals surface area contributed by atoms with Crippen LogP contribution < -0.4 is 32.7 Å². The number of H-pyrrole nitrogens is 1. The van der Waals surface area contributed by atoms with Gasteiger partial charge in [0, 0.05) is 86.3 Å². The molecule has 302 valence electrons. The molecule has 0 aliphatic carbocycles. The van der Waals surface area contributed by atoms with Gasteiger partial charge in [-0.3, -0.25) is 14.4 Å². The Bertz CT molecular complexity index is 2230. The number of aromatic amines is 1. The molecule has 0 unspecified atom stereocenters. The number of hydrogen-bond acceptors (Lipinski definition) is 7. The molecule has 12 heteroatoms. The summed E-state index contributed by atoms with van der Waals surface area (Å²) in [5.41, 5.74) is 19.7. The number of nitrogens with two attached hydrogens (primary N) is 2. The van der Waals surface area contributed by atoms with Crippen LogP contribution in [0.4, 0.5) is 5.69 Å². The summed E-state index contributed by atoms with van der Waals surface area (Å²) in [6.45, 7) is 20.6. The fourth-order valence-corrected chi connectivity index (χ4v) is 7.13. The third-order valence-electron chi connectivity index (χ3n) is 10.6. The van der Waals surface area contributed by atoms with Crippen molar-refractivity contribution in [2.45, 2.75) is 78.3 Å². The molecular weight excluding hydrogens is 713 g/mol. The molecule has 0 atom stereocenters. The van der Waals surface area contributed by atoms with Crippen molar-refractivity contribution in [2.24, 2.45) is 16.5 Å². The highest BCUT2D eigenvalue weighted by atomic mass is 16.2. The molecule has 3 aromatic carbocycles. The van der Waals surface area contributed by atoms with Crippen LogP contribution in [0.1, 0.15) is 86.3 Å². The number of hydrogen-bond donors (Lipinski definition) is 5. The Morgan fingerprint density at radius 2 is 1.60 bits per heavy atom. The summed E-state index contributed by atoms with van der Waals surface area (Å²) in [7, 11) is 0. The maximum absolute atomic E-state index is 13.4. The number of fused-ring (bicyclic) bond motifs is 2. The molecule has 2 aliphatic heterocycles. The summed E-state index contributed by atoms with van der Waals surface area (Å²) in [4.78, 5) is 41.7. The predicted octanol–water partition coefficient (Wildman–Crippen LogP) is 5.36. The fraction of sp³-hybridized carbons (Fsp3) is 0.422. The first kappa shape index (κ1) is 41.2. The van der Waals surface area contributed by atoms with Gasteiger partial charge in [0.05, 0.1) is 5.69 Å². The number of aromatic nitrogens is 3. The normalized spacial score (nSPS) is 14.5. The van der Waals surface area contributed by atoms with Gasteiger partial charge in [0.15, 0.2) is 5.96 Å². The summed E-state index contributed by atoms with van der Waals surface area (Å²) in [6, 6.07) is 24.9. The van der Waals surface area contributed by atoms with Crippen LogP contribution in [0.3, 0.4) is 0 Å². The molecule has 0 bridgehead atoms. The molecule has 5 aromatic rings. The van der Waals surface area contributed by atoms with E-state index in [0.29, 0.717) is 18.7 Å². The fourth-order valence-electron chi connectivity index (χ4n) is 7.13. The molecular formula is C45H60N10O2. The van der Waals surface area contributed by atoms with Crippen molar-refractivity contribution in [1.29, 1.82) is 0 Å². The predicted molar refractivity (Wildman–Crippen MR) is 233 cm³/mol. The summed E-state index contributed by atoms with van der Waals surface area (Å²) >= 11 is 0. The Morgan fingerprint density at radius 1 is 0.877 bits per heavy atom. The molecule has 2 aliphatic rings. The Kier molecular flexibility index (Phi) is 12.8. The van der Waals surface area contributed by atoms with Crippen molar-refractivity contribution in [1.82, 2.24) is 30.1 Å². The molecule has 2 aromatic heterocycles. The van der Waals surface area contributed by atoms with Gasteiger partial charge < -0.3 is 36.9 Å². The second kappa shape index (κ2) is 17.8. The number of rotatable bonds is 9. The van der Waals surface area contributed by atoms with Crippen LogP contribution >= 0.6 is 0 Å². The van der Waals surface area contributed by atoms with E-state index in [2.05, 4.69) is 121 Å². The van der Waals surface area contributed by atoms with Gasteiger partial charge in [-0.05, 0) is 83.5 Å². The van der Waals surface area contributed by atoms with E-state index in [0.717, 1.165) is 86.5 Å². The highest BCUT2D eigenvalue weighted by Crippen LogP contribution is 2.30. The van der Waals surface area contributed by atoms with Crippen LogP contribution in [-0.2, 0) is 30.3 Å². The minimum Gasteiger partial charge on any atom is -0.370 e. The van der Waals surface area contributed by atoms with E-state index in [1.807, 2.05) is 35.4 Å². The number of aliphatic imine (C=N–C) groups is 1. The van der Waals surface area contributed by atoms with Crippen LogP contribution in [0.25, 0.3) is 16.7 Å². The number of piperazine rings is 1. The molecule has 0 saturated carbocycles. The van der Waals surface area contributed by atoms with Crippen LogP contribution in [-0.4, -0.2) is 77.1 Å². The zero-order valence-electron chi connectivity index (χ0n) is 34.5. The Hall–Kier alpha value is -5.46. The number of nitrogens with zero attached hydrogens (tertiary/aromatic N) is 5. The number of benzene rings is 3. The minimum absolute atomic E-state index is 0.00751. The lowest BCUT2D eigenvalue weighted by Crippen LogP contribution is -2.43. The molecule has 7 N–H and O–H groups in total. The first-order valence-electron chi connectivity index (χ1n) is 20.1. The first-order valence-corrected chi connectivity index (χ1v) is 20.1. The maximum atomic E-state index is 13.4. The smallest absolute Gasteiger partial charge is 0.354 e. The van der Waals surface area contributed by atoms with E-state index in [1.165, 1.54) is 22.4 Å². The average Bonchev–Trinajstić information content (AvgIpc) is 3.62. The van der Waals surface area contributed by atoms with E-state index >= 15 is 0 Å². The van der Waals surface area contributed by atoms with Crippen molar-refractivity contribution in [3.05, 3.63) is 123 Å². The number of guanidine groups is 1. The van der Waals surface area contributed by atoms with Gasteiger partial charge in [0.2, 0.25) is 0 Å². The van der Waals surface area contributed by atoms with Crippen LogP contribution in [0.5, 0.6) is 0 Å². The van der Waals surface area contributed by atoms with E-state index in [-0.39, 0.29) is 28.4 Å².